The van der Waals surface area contributed by atoms with E-state index in [9.17, 15) is 0 Å². The molecule has 0 unspecified atom stereocenters. The molecule has 0 saturated carbocycles. The molecule has 3 aromatic rings. The Morgan fingerprint density at radius 2 is 1.96 bits per heavy atom. The van der Waals surface area contributed by atoms with Crippen molar-refractivity contribution in [2.24, 2.45) is 5.16 Å². The molecule has 0 aliphatic heterocycles. The zero-order chi connectivity index (χ0) is 17.1. The van der Waals surface area contributed by atoms with Gasteiger partial charge in [0.25, 0.3) is 0 Å². The average molecular weight is 337 g/mol. The van der Waals surface area contributed by atoms with Gasteiger partial charge in [-0.3, -0.25) is 4.98 Å². The Balaban J connectivity index is 2.23. The Labute approximate surface area is 146 Å². The number of rotatable bonds is 4. The summed E-state index contributed by atoms with van der Waals surface area (Å²) in [4.78, 5) is 9.60. The summed E-state index contributed by atoms with van der Waals surface area (Å²) in [6.45, 7) is 5.96. The first-order chi connectivity index (χ1) is 11.6. The summed E-state index contributed by atoms with van der Waals surface area (Å²) in [7, 11) is 1.53. The highest BCUT2D eigenvalue weighted by Gasteiger charge is 2.16. The van der Waals surface area contributed by atoms with Gasteiger partial charge in [0.05, 0.1) is 5.52 Å². The summed E-state index contributed by atoms with van der Waals surface area (Å²) in [5, 5.41) is 5.91. The SMILES string of the molecule is C=C(C)c1c(Cl)cccc1C(=NOC)c1cnc2ccccc2c1. The van der Waals surface area contributed by atoms with Crippen LogP contribution in [0.25, 0.3) is 16.5 Å². The number of nitrogens with zero attached hydrogens (tertiary/aromatic N) is 2. The largest absolute Gasteiger partial charge is 0.399 e. The fourth-order valence-electron chi connectivity index (χ4n) is 2.70. The van der Waals surface area contributed by atoms with Crippen molar-refractivity contribution in [2.45, 2.75) is 6.92 Å². The molecule has 0 bridgehead atoms. The minimum atomic E-state index is 0.637. The van der Waals surface area contributed by atoms with E-state index in [4.69, 9.17) is 16.4 Å². The molecule has 1 aromatic heterocycles. The quantitative estimate of drug-likeness (QED) is 0.477. The lowest BCUT2D eigenvalue weighted by molar-refractivity contribution is 0.214. The van der Waals surface area contributed by atoms with Crippen molar-refractivity contribution in [3.63, 3.8) is 0 Å². The fourth-order valence-corrected chi connectivity index (χ4v) is 3.04. The van der Waals surface area contributed by atoms with E-state index in [-0.39, 0.29) is 0 Å². The lowest BCUT2D eigenvalue weighted by Gasteiger charge is -2.13. The Morgan fingerprint density at radius 3 is 2.71 bits per heavy atom. The van der Waals surface area contributed by atoms with Crippen LogP contribution in [0.4, 0.5) is 0 Å². The van der Waals surface area contributed by atoms with Gasteiger partial charge in [-0.25, -0.2) is 0 Å². The Bertz CT molecular complexity index is 947. The number of fused-ring (bicyclic) bond motifs is 1. The summed E-state index contributed by atoms with van der Waals surface area (Å²) < 4.78 is 0. The van der Waals surface area contributed by atoms with Crippen molar-refractivity contribution in [3.8, 4) is 0 Å². The van der Waals surface area contributed by atoms with Crippen LogP contribution in [0.5, 0.6) is 0 Å². The van der Waals surface area contributed by atoms with Crippen molar-refractivity contribution >= 4 is 33.8 Å². The summed E-state index contributed by atoms with van der Waals surface area (Å²) in [6, 6.07) is 15.7. The fraction of sp³-hybridized carbons (Fsp3) is 0.100. The second-order valence-corrected chi connectivity index (χ2v) is 5.89. The molecule has 3 nitrogen and oxygen atoms in total. The first kappa shape index (κ1) is 16.2. The van der Waals surface area contributed by atoms with E-state index >= 15 is 0 Å². The van der Waals surface area contributed by atoms with Gasteiger partial charge in [0.15, 0.2) is 0 Å². The lowest BCUT2D eigenvalue weighted by Crippen LogP contribution is -2.08. The van der Waals surface area contributed by atoms with E-state index in [1.807, 2.05) is 55.5 Å². The average Bonchev–Trinajstić information content (AvgIpc) is 2.58. The number of halogens is 1. The molecule has 24 heavy (non-hydrogen) atoms. The number of aromatic nitrogens is 1. The van der Waals surface area contributed by atoms with Gasteiger partial charge in [0.2, 0.25) is 0 Å². The van der Waals surface area contributed by atoms with Crippen molar-refractivity contribution in [2.75, 3.05) is 7.11 Å². The van der Waals surface area contributed by atoms with Crippen LogP contribution in [-0.2, 0) is 4.84 Å². The van der Waals surface area contributed by atoms with Crippen molar-refractivity contribution in [1.29, 1.82) is 0 Å². The predicted octanol–water partition coefficient (Wildman–Crippen LogP) is 5.32. The maximum Gasteiger partial charge on any atom is 0.119 e. The lowest BCUT2D eigenvalue weighted by atomic mass is 9.94. The molecule has 0 fully saturated rings. The molecule has 0 N–H and O–H groups in total. The smallest absolute Gasteiger partial charge is 0.119 e. The van der Waals surface area contributed by atoms with E-state index in [1.165, 1.54) is 7.11 Å². The van der Waals surface area contributed by atoms with Crippen molar-refractivity contribution in [3.05, 3.63) is 83.0 Å². The molecule has 4 heteroatoms. The molecular formula is C20H17ClN2O. The molecule has 0 aliphatic rings. The van der Waals surface area contributed by atoms with E-state index in [2.05, 4.69) is 16.7 Å². The third-order valence-electron chi connectivity index (χ3n) is 3.74. The third-order valence-corrected chi connectivity index (χ3v) is 4.06. The highest BCUT2D eigenvalue weighted by molar-refractivity contribution is 6.33. The molecule has 0 aliphatic carbocycles. The van der Waals surface area contributed by atoms with Crippen molar-refractivity contribution in [1.82, 2.24) is 4.98 Å². The van der Waals surface area contributed by atoms with Gasteiger partial charge < -0.3 is 4.84 Å². The molecule has 3 rings (SSSR count). The minimum absolute atomic E-state index is 0.637. The second kappa shape index (κ2) is 6.85. The van der Waals surface area contributed by atoms with Gasteiger partial charge in [-0.2, -0.15) is 0 Å². The number of para-hydroxylation sites is 1. The van der Waals surface area contributed by atoms with E-state index in [1.54, 1.807) is 6.20 Å². The van der Waals surface area contributed by atoms with Crippen LogP contribution in [0.1, 0.15) is 23.6 Å². The standard InChI is InChI=1S/C20H17ClN2O/c1-13(2)19-16(8-6-9-17(19)21)20(23-24-3)15-11-14-7-4-5-10-18(14)22-12-15/h4-12H,1H2,2-3H3. The summed E-state index contributed by atoms with van der Waals surface area (Å²) >= 11 is 6.38. The first-order valence-electron chi connectivity index (χ1n) is 7.53. The third kappa shape index (κ3) is 3.03. The molecule has 0 radical (unpaired) electrons. The maximum atomic E-state index is 6.38. The highest BCUT2D eigenvalue weighted by Crippen LogP contribution is 2.29. The van der Waals surface area contributed by atoms with Crippen LogP contribution >= 0.6 is 11.6 Å². The maximum absolute atomic E-state index is 6.38. The van der Waals surface area contributed by atoms with Crippen LogP contribution in [0, 0.1) is 0 Å². The summed E-state index contributed by atoms with van der Waals surface area (Å²) in [6.07, 6.45) is 1.79. The monoisotopic (exact) mass is 336 g/mol. The van der Waals surface area contributed by atoms with Gasteiger partial charge >= 0.3 is 0 Å². The molecule has 0 atom stereocenters. The Kier molecular flexibility index (Phi) is 4.63. The van der Waals surface area contributed by atoms with Gasteiger partial charge in [-0.05, 0) is 30.7 Å². The van der Waals surface area contributed by atoms with Crippen LogP contribution in [0.3, 0.4) is 0 Å². The second-order valence-electron chi connectivity index (χ2n) is 5.48. The van der Waals surface area contributed by atoms with Crippen LogP contribution in [-0.4, -0.2) is 17.8 Å². The number of hydrogen-bond donors (Lipinski definition) is 0. The highest BCUT2D eigenvalue weighted by atomic mass is 35.5. The number of hydrogen-bond acceptors (Lipinski definition) is 3. The zero-order valence-electron chi connectivity index (χ0n) is 13.6. The number of benzene rings is 2. The Hall–Kier alpha value is -2.65. The normalized spacial score (nSPS) is 11.5. The molecule has 2 aromatic carbocycles. The van der Waals surface area contributed by atoms with Crippen LogP contribution in [0.2, 0.25) is 5.02 Å². The number of allylic oxidation sites excluding steroid dienone is 1. The summed E-state index contributed by atoms with van der Waals surface area (Å²) in [5.74, 6) is 0. The molecule has 120 valence electrons. The van der Waals surface area contributed by atoms with Crippen LogP contribution in [0.15, 0.2) is 66.5 Å². The summed E-state index contributed by atoms with van der Waals surface area (Å²) in [5.41, 5.74) is 5.08. The molecule has 0 amide bonds. The van der Waals surface area contributed by atoms with E-state index in [0.29, 0.717) is 10.7 Å². The van der Waals surface area contributed by atoms with E-state index < -0.39 is 0 Å². The van der Waals surface area contributed by atoms with Crippen molar-refractivity contribution < 1.29 is 4.84 Å². The topological polar surface area (TPSA) is 34.5 Å². The zero-order valence-corrected chi connectivity index (χ0v) is 14.3. The van der Waals surface area contributed by atoms with Gasteiger partial charge in [0, 0.05) is 33.3 Å². The molecule has 1 heterocycles. The van der Waals surface area contributed by atoms with Gasteiger partial charge in [-0.15, -0.1) is 0 Å². The predicted molar refractivity (Wildman–Crippen MR) is 101 cm³/mol. The van der Waals surface area contributed by atoms with Crippen LogP contribution < -0.4 is 0 Å². The van der Waals surface area contributed by atoms with Gasteiger partial charge in [0.1, 0.15) is 12.8 Å². The number of oxime groups is 1. The Morgan fingerprint density at radius 1 is 1.17 bits per heavy atom. The first-order valence-corrected chi connectivity index (χ1v) is 7.90. The minimum Gasteiger partial charge on any atom is -0.399 e. The number of pyridine rings is 1. The molecular weight excluding hydrogens is 320 g/mol. The molecule has 0 saturated heterocycles. The molecule has 0 spiro atoms. The van der Waals surface area contributed by atoms with Gasteiger partial charge in [-0.1, -0.05) is 53.7 Å². The van der Waals surface area contributed by atoms with E-state index in [0.717, 1.165) is 33.2 Å².